The van der Waals surface area contributed by atoms with E-state index in [0.717, 1.165) is 58.4 Å². The van der Waals surface area contributed by atoms with Crippen molar-refractivity contribution in [3.8, 4) is 0 Å². The zero-order chi connectivity index (χ0) is 26.3. The Bertz CT molecular complexity index is 1160. The zero-order valence-electron chi connectivity index (χ0n) is 21.4. The van der Waals surface area contributed by atoms with Gasteiger partial charge in [-0.3, -0.25) is 4.90 Å². The van der Waals surface area contributed by atoms with Crippen LogP contribution in [0.1, 0.15) is 30.7 Å². The fraction of sp³-hybridized carbons (Fsp3) is 0.464. The van der Waals surface area contributed by atoms with Crippen LogP contribution < -0.4 is 10.6 Å². The zero-order valence-corrected chi connectivity index (χ0v) is 21.4. The molecule has 0 spiro atoms. The second-order valence-electron chi connectivity index (χ2n) is 10.4. The van der Waals surface area contributed by atoms with Gasteiger partial charge in [-0.25, -0.2) is 13.6 Å². The summed E-state index contributed by atoms with van der Waals surface area (Å²) in [5.74, 6) is 0.829. The van der Waals surface area contributed by atoms with Gasteiger partial charge in [0.1, 0.15) is 11.6 Å². The number of halogens is 2. The number of carbonyl (C=O) groups excluding carboxylic acids is 1. The van der Waals surface area contributed by atoms with Crippen molar-refractivity contribution in [2.75, 3.05) is 38.0 Å². The van der Waals surface area contributed by atoms with Gasteiger partial charge in [-0.2, -0.15) is 4.98 Å². The number of urea groups is 1. The summed E-state index contributed by atoms with van der Waals surface area (Å²) in [6.07, 6.45) is 5.35. The van der Waals surface area contributed by atoms with E-state index in [1.165, 1.54) is 36.2 Å². The van der Waals surface area contributed by atoms with Crippen molar-refractivity contribution in [3.05, 3.63) is 77.9 Å². The summed E-state index contributed by atoms with van der Waals surface area (Å²) in [6, 6.07) is 12.3. The van der Waals surface area contributed by atoms with Crippen molar-refractivity contribution in [2.24, 2.45) is 11.8 Å². The highest BCUT2D eigenvalue weighted by atomic mass is 19.1. The van der Waals surface area contributed by atoms with Crippen LogP contribution in [0.5, 0.6) is 0 Å². The van der Waals surface area contributed by atoms with Crippen LogP contribution in [0.4, 0.5) is 19.3 Å². The van der Waals surface area contributed by atoms with Crippen molar-refractivity contribution in [2.45, 2.75) is 38.3 Å². The van der Waals surface area contributed by atoms with Gasteiger partial charge in [0.05, 0.1) is 6.54 Å². The molecule has 2 amide bonds. The summed E-state index contributed by atoms with van der Waals surface area (Å²) in [5, 5.41) is 9.96. The van der Waals surface area contributed by atoms with Crippen LogP contribution in [0.25, 0.3) is 0 Å². The number of piperidine rings is 2. The van der Waals surface area contributed by atoms with Gasteiger partial charge in [-0.15, -0.1) is 0 Å². The number of benzene rings is 2. The van der Waals surface area contributed by atoms with Gasteiger partial charge in [0.2, 0.25) is 6.39 Å². The molecule has 2 aliphatic rings. The Morgan fingerprint density at radius 1 is 0.974 bits per heavy atom. The van der Waals surface area contributed by atoms with Crippen molar-refractivity contribution < 1.29 is 18.1 Å². The molecule has 0 unspecified atom stereocenters. The summed E-state index contributed by atoms with van der Waals surface area (Å²) in [6.45, 7) is 5.08. The van der Waals surface area contributed by atoms with Crippen LogP contribution >= 0.6 is 0 Å². The van der Waals surface area contributed by atoms with Crippen LogP contribution in [-0.4, -0.2) is 64.7 Å². The molecule has 2 aromatic carbocycles. The lowest BCUT2D eigenvalue weighted by Gasteiger charge is -2.42. The summed E-state index contributed by atoms with van der Waals surface area (Å²) in [5.41, 5.74) is 1.72. The third kappa shape index (κ3) is 7.35. The number of amides is 2. The second kappa shape index (κ2) is 12.4. The first-order valence-electron chi connectivity index (χ1n) is 13.3. The lowest BCUT2D eigenvalue weighted by molar-refractivity contribution is 0.0803. The van der Waals surface area contributed by atoms with Crippen molar-refractivity contribution in [1.82, 2.24) is 25.3 Å². The molecule has 8 nitrogen and oxygen atoms in total. The average molecular weight is 525 g/mol. The Morgan fingerprint density at radius 3 is 2.47 bits per heavy atom. The molecule has 3 aromatic rings. The smallest absolute Gasteiger partial charge is 0.319 e. The third-order valence-electron chi connectivity index (χ3n) is 7.54. The van der Waals surface area contributed by atoms with Crippen LogP contribution in [0.15, 0.2) is 59.4 Å². The monoisotopic (exact) mass is 524 g/mol. The van der Waals surface area contributed by atoms with Crippen molar-refractivity contribution in [1.29, 1.82) is 0 Å². The van der Waals surface area contributed by atoms with Crippen LogP contribution in [0.2, 0.25) is 0 Å². The highest BCUT2D eigenvalue weighted by molar-refractivity contribution is 5.89. The molecule has 5 rings (SSSR count). The number of hydrogen-bond acceptors (Lipinski definition) is 6. The maximum absolute atomic E-state index is 13.3. The molecule has 2 fully saturated rings. The molecular weight excluding hydrogens is 490 g/mol. The first kappa shape index (κ1) is 26.2. The topological polar surface area (TPSA) is 86.5 Å². The molecule has 3 heterocycles. The summed E-state index contributed by atoms with van der Waals surface area (Å²) >= 11 is 0. The van der Waals surface area contributed by atoms with E-state index >= 15 is 0 Å². The molecule has 0 radical (unpaired) electrons. The first-order valence-corrected chi connectivity index (χ1v) is 13.3. The number of nitrogens with one attached hydrogen (secondary N) is 2. The number of aromatic nitrogens is 2. The number of hydrogen-bond donors (Lipinski definition) is 2. The Kier molecular flexibility index (Phi) is 8.60. The van der Waals surface area contributed by atoms with E-state index in [-0.39, 0.29) is 29.6 Å². The standard InChI is InChI=1S/C28H34F2N6O2/c29-23-5-3-20(4-6-23)14-21-2-1-12-35(15-21)16-22-17-36(18-27-31-19-38-34-27)13-11-26(22)33-28(37)32-25-9-7-24(30)8-10-25/h3-10,19,21-22,26H,1-2,11-18H2,(H2,32,33,37)/t21-,22+,26+/m0/s1. The van der Waals surface area contributed by atoms with Gasteiger partial charge in [0.25, 0.3) is 0 Å². The highest BCUT2D eigenvalue weighted by Gasteiger charge is 2.33. The molecule has 3 atom stereocenters. The van der Waals surface area contributed by atoms with E-state index < -0.39 is 0 Å². The molecule has 1 aromatic heterocycles. The largest absolute Gasteiger partial charge is 0.343 e. The Labute approximate surface area is 221 Å². The first-order chi connectivity index (χ1) is 18.5. The quantitative estimate of drug-likeness (QED) is 0.457. The molecule has 0 bridgehead atoms. The van der Waals surface area contributed by atoms with Gasteiger partial charge < -0.3 is 20.1 Å². The Balaban J connectivity index is 1.21. The van der Waals surface area contributed by atoms with Crippen molar-refractivity contribution in [3.63, 3.8) is 0 Å². The minimum Gasteiger partial charge on any atom is -0.343 e. The minimum absolute atomic E-state index is 0.00515. The highest BCUT2D eigenvalue weighted by Crippen LogP contribution is 2.25. The number of likely N-dealkylation sites (tertiary alicyclic amines) is 2. The van der Waals surface area contributed by atoms with Crippen molar-refractivity contribution >= 4 is 11.7 Å². The van der Waals surface area contributed by atoms with Crippen LogP contribution in [-0.2, 0) is 13.0 Å². The molecule has 202 valence electrons. The fourth-order valence-corrected chi connectivity index (χ4v) is 5.73. The minimum atomic E-state index is -0.343. The SMILES string of the molecule is O=C(Nc1ccc(F)cc1)N[C@@H]1CCN(Cc2ncon2)C[C@H]1CN1CCC[C@@H](Cc2ccc(F)cc2)C1. The fourth-order valence-electron chi connectivity index (χ4n) is 5.73. The third-order valence-corrected chi connectivity index (χ3v) is 7.54. The van der Waals surface area contributed by atoms with E-state index in [1.807, 2.05) is 12.1 Å². The van der Waals surface area contributed by atoms with Gasteiger partial charge in [-0.1, -0.05) is 17.3 Å². The average Bonchev–Trinajstić information content (AvgIpc) is 3.42. The number of rotatable bonds is 8. The van der Waals surface area contributed by atoms with E-state index in [2.05, 4.69) is 30.6 Å². The normalized spacial score (nSPS) is 22.7. The summed E-state index contributed by atoms with van der Waals surface area (Å²) in [4.78, 5) is 21.8. The molecule has 2 N–H and O–H groups in total. The van der Waals surface area contributed by atoms with E-state index in [1.54, 1.807) is 12.1 Å². The second-order valence-corrected chi connectivity index (χ2v) is 10.4. The summed E-state index contributed by atoms with van der Waals surface area (Å²) in [7, 11) is 0. The van der Waals surface area contributed by atoms with Gasteiger partial charge in [0.15, 0.2) is 5.82 Å². The number of nitrogens with zero attached hydrogens (tertiary/aromatic N) is 4. The molecule has 38 heavy (non-hydrogen) atoms. The van der Waals surface area contributed by atoms with Gasteiger partial charge in [0, 0.05) is 43.8 Å². The predicted octanol–water partition coefficient (Wildman–Crippen LogP) is 4.31. The number of carbonyl (C=O) groups is 1. The lowest BCUT2D eigenvalue weighted by Crippen LogP contribution is -2.55. The maximum Gasteiger partial charge on any atom is 0.319 e. The molecular formula is C28H34F2N6O2. The molecule has 0 aliphatic carbocycles. The predicted molar refractivity (Wildman–Crippen MR) is 139 cm³/mol. The summed E-state index contributed by atoms with van der Waals surface area (Å²) < 4.78 is 31.5. The molecule has 10 heteroatoms. The Morgan fingerprint density at radius 2 is 1.74 bits per heavy atom. The van der Waals surface area contributed by atoms with Crippen LogP contribution in [0, 0.1) is 23.5 Å². The molecule has 2 aliphatic heterocycles. The van der Waals surface area contributed by atoms with E-state index in [0.29, 0.717) is 24.0 Å². The lowest BCUT2D eigenvalue weighted by atomic mass is 9.88. The van der Waals surface area contributed by atoms with Crippen LogP contribution in [0.3, 0.4) is 0 Å². The van der Waals surface area contributed by atoms with E-state index in [4.69, 9.17) is 4.52 Å². The van der Waals surface area contributed by atoms with Gasteiger partial charge in [-0.05, 0) is 80.1 Å². The Hall–Kier alpha value is -3.37. The molecule has 2 saturated heterocycles. The van der Waals surface area contributed by atoms with E-state index in [9.17, 15) is 13.6 Å². The number of anilines is 1. The molecule has 0 saturated carbocycles. The maximum atomic E-state index is 13.3. The van der Waals surface area contributed by atoms with Gasteiger partial charge >= 0.3 is 6.03 Å².